The number of benzene rings is 2. The molecule has 0 saturated heterocycles. The zero-order valence-electron chi connectivity index (χ0n) is 17.1. The van der Waals surface area contributed by atoms with Crippen molar-refractivity contribution in [1.82, 2.24) is 9.88 Å². The lowest BCUT2D eigenvalue weighted by Gasteiger charge is -2.22. The number of thioether (sulfide) groups is 1. The van der Waals surface area contributed by atoms with Crippen LogP contribution in [0.2, 0.25) is 0 Å². The maximum Gasteiger partial charge on any atom is 0.229 e. The molecule has 0 aliphatic carbocycles. The highest BCUT2D eigenvalue weighted by Gasteiger charge is 2.20. The van der Waals surface area contributed by atoms with Crippen LogP contribution in [0.15, 0.2) is 47.4 Å². The standard InChI is InChI=1S/C21H24FN3O2S2.ClH/c1-24(2)12-13-25(21-23-20-17(22)5-4-6-18(20)29-21)19(26)11-14-28-16-9-7-15(27-3)8-10-16;/h4-10H,11-14H2,1-3H3;1H. The number of rotatable bonds is 9. The quantitative estimate of drug-likeness (QED) is 0.415. The number of methoxy groups -OCH3 is 1. The average Bonchev–Trinajstić information content (AvgIpc) is 3.14. The largest absolute Gasteiger partial charge is 0.497 e. The number of fused-ring (bicyclic) bond motifs is 1. The number of ether oxygens (including phenoxy) is 1. The van der Waals surface area contributed by atoms with Gasteiger partial charge in [0.15, 0.2) is 5.13 Å². The van der Waals surface area contributed by atoms with Gasteiger partial charge >= 0.3 is 0 Å². The maximum absolute atomic E-state index is 14.0. The molecule has 0 N–H and O–H groups in total. The molecule has 30 heavy (non-hydrogen) atoms. The van der Waals surface area contributed by atoms with Crippen LogP contribution in [-0.2, 0) is 4.79 Å². The van der Waals surface area contributed by atoms with Gasteiger partial charge < -0.3 is 9.64 Å². The molecule has 1 amide bonds. The molecule has 0 atom stereocenters. The van der Waals surface area contributed by atoms with Crippen molar-refractivity contribution >= 4 is 56.8 Å². The smallest absolute Gasteiger partial charge is 0.229 e. The molecule has 1 heterocycles. The van der Waals surface area contributed by atoms with Gasteiger partial charge in [-0.1, -0.05) is 17.4 Å². The van der Waals surface area contributed by atoms with E-state index >= 15 is 0 Å². The normalized spacial score (nSPS) is 10.8. The number of thiazole rings is 1. The van der Waals surface area contributed by atoms with E-state index in [2.05, 4.69) is 4.98 Å². The maximum atomic E-state index is 14.0. The van der Waals surface area contributed by atoms with Crippen molar-refractivity contribution in [1.29, 1.82) is 0 Å². The lowest BCUT2D eigenvalue weighted by atomic mass is 10.3. The SMILES string of the molecule is COc1ccc(SCCC(=O)N(CCN(C)C)c2nc3c(F)cccc3s2)cc1.Cl. The number of anilines is 1. The molecule has 5 nitrogen and oxygen atoms in total. The van der Waals surface area contributed by atoms with Crippen molar-refractivity contribution in [2.24, 2.45) is 0 Å². The van der Waals surface area contributed by atoms with Crippen LogP contribution < -0.4 is 9.64 Å². The Balaban J connectivity index is 0.00000320. The van der Waals surface area contributed by atoms with E-state index in [0.29, 0.717) is 35.9 Å². The number of aromatic nitrogens is 1. The van der Waals surface area contributed by atoms with Gasteiger partial charge in [-0.05, 0) is 50.5 Å². The second-order valence-corrected chi connectivity index (χ2v) is 8.88. The lowest BCUT2D eigenvalue weighted by Crippen LogP contribution is -2.36. The molecule has 0 aliphatic rings. The number of amides is 1. The summed E-state index contributed by atoms with van der Waals surface area (Å²) in [5.41, 5.74) is 0.322. The summed E-state index contributed by atoms with van der Waals surface area (Å²) < 4.78 is 20.0. The van der Waals surface area contributed by atoms with Gasteiger partial charge in [0, 0.05) is 30.2 Å². The van der Waals surface area contributed by atoms with Crippen molar-refractivity contribution < 1.29 is 13.9 Å². The lowest BCUT2D eigenvalue weighted by molar-refractivity contribution is -0.118. The Morgan fingerprint density at radius 3 is 2.53 bits per heavy atom. The van der Waals surface area contributed by atoms with Gasteiger partial charge in [0.25, 0.3) is 0 Å². The van der Waals surface area contributed by atoms with E-state index in [1.165, 1.54) is 17.4 Å². The van der Waals surface area contributed by atoms with Crippen LogP contribution in [0.25, 0.3) is 10.2 Å². The van der Waals surface area contributed by atoms with E-state index in [-0.39, 0.29) is 24.1 Å². The molecule has 162 valence electrons. The van der Waals surface area contributed by atoms with Crippen LogP contribution in [0.1, 0.15) is 6.42 Å². The summed E-state index contributed by atoms with van der Waals surface area (Å²) in [4.78, 5) is 22.1. The van der Waals surface area contributed by atoms with E-state index < -0.39 is 0 Å². The van der Waals surface area contributed by atoms with E-state index in [1.807, 2.05) is 49.3 Å². The molecule has 0 aliphatic heterocycles. The molecule has 3 rings (SSSR count). The Morgan fingerprint density at radius 1 is 1.17 bits per heavy atom. The first-order valence-corrected chi connectivity index (χ1v) is 11.0. The molecule has 9 heteroatoms. The summed E-state index contributed by atoms with van der Waals surface area (Å²) in [5, 5.41) is 0.548. The van der Waals surface area contributed by atoms with Crippen LogP contribution in [0.5, 0.6) is 5.75 Å². The minimum Gasteiger partial charge on any atom is -0.497 e. The number of carbonyl (C=O) groups is 1. The first kappa shape index (κ1) is 24.4. The number of halogens is 2. The summed E-state index contributed by atoms with van der Waals surface area (Å²) in [6, 6.07) is 12.7. The fraction of sp³-hybridized carbons (Fsp3) is 0.333. The minimum atomic E-state index is -0.361. The molecule has 0 radical (unpaired) electrons. The number of para-hydroxylation sites is 1. The third kappa shape index (κ3) is 6.31. The predicted octanol–water partition coefficient (Wildman–Crippen LogP) is 4.94. The number of nitrogens with zero attached hydrogens (tertiary/aromatic N) is 3. The highest BCUT2D eigenvalue weighted by atomic mass is 35.5. The second-order valence-electron chi connectivity index (χ2n) is 6.71. The van der Waals surface area contributed by atoms with Gasteiger partial charge in [-0.15, -0.1) is 24.2 Å². The Kier molecular flexibility index (Phi) is 9.36. The van der Waals surface area contributed by atoms with Crippen molar-refractivity contribution in [3.8, 4) is 5.75 Å². The molecular formula is C21H25ClFN3O2S2. The van der Waals surface area contributed by atoms with Crippen molar-refractivity contribution in [3.05, 3.63) is 48.3 Å². The number of hydrogen-bond acceptors (Lipinski definition) is 6. The first-order chi connectivity index (χ1) is 14.0. The van der Waals surface area contributed by atoms with Crippen LogP contribution in [0.4, 0.5) is 9.52 Å². The topological polar surface area (TPSA) is 45.7 Å². The fourth-order valence-electron chi connectivity index (χ4n) is 2.71. The number of carbonyl (C=O) groups excluding carboxylic acids is 1. The Morgan fingerprint density at radius 2 is 1.90 bits per heavy atom. The second kappa shape index (κ2) is 11.5. The van der Waals surface area contributed by atoms with Gasteiger partial charge in [-0.2, -0.15) is 0 Å². The molecule has 0 bridgehead atoms. The molecule has 0 fully saturated rings. The predicted molar refractivity (Wildman–Crippen MR) is 126 cm³/mol. The van der Waals surface area contributed by atoms with Crippen molar-refractivity contribution in [2.45, 2.75) is 11.3 Å². The summed E-state index contributed by atoms with van der Waals surface area (Å²) in [6.07, 6.45) is 0.378. The van der Waals surface area contributed by atoms with Gasteiger partial charge in [-0.3, -0.25) is 9.69 Å². The fourth-order valence-corrected chi connectivity index (χ4v) is 4.57. The summed E-state index contributed by atoms with van der Waals surface area (Å²) >= 11 is 2.97. The highest BCUT2D eigenvalue weighted by Crippen LogP contribution is 2.31. The molecule has 2 aromatic carbocycles. The molecule has 0 saturated carbocycles. The van der Waals surface area contributed by atoms with Crippen molar-refractivity contribution in [3.63, 3.8) is 0 Å². The van der Waals surface area contributed by atoms with Gasteiger partial charge in [-0.25, -0.2) is 9.37 Å². The van der Waals surface area contributed by atoms with E-state index in [0.717, 1.165) is 15.3 Å². The molecule has 3 aromatic rings. The number of hydrogen-bond donors (Lipinski definition) is 0. The Bertz CT molecular complexity index is 967. The van der Waals surface area contributed by atoms with Gasteiger partial charge in [0.1, 0.15) is 17.1 Å². The Labute approximate surface area is 190 Å². The Hall–Kier alpha value is -1.87. The average molecular weight is 470 g/mol. The highest BCUT2D eigenvalue weighted by molar-refractivity contribution is 7.99. The minimum absolute atomic E-state index is 0. The summed E-state index contributed by atoms with van der Waals surface area (Å²) in [6.45, 7) is 1.22. The summed E-state index contributed by atoms with van der Waals surface area (Å²) in [7, 11) is 5.55. The van der Waals surface area contributed by atoms with E-state index in [1.54, 1.807) is 29.8 Å². The van der Waals surface area contributed by atoms with E-state index in [4.69, 9.17) is 4.74 Å². The third-order valence-corrected chi connectivity index (χ3v) is 6.36. The third-order valence-electron chi connectivity index (χ3n) is 4.31. The molecular weight excluding hydrogens is 445 g/mol. The molecule has 0 unspecified atom stereocenters. The van der Waals surface area contributed by atoms with Crippen LogP contribution in [-0.4, -0.2) is 55.8 Å². The molecule has 0 spiro atoms. The van der Waals surface area contributed by atoms with Crippen molar-refractivity contribution in [2.75, 3.05) is 44.9 Å². The van der Waals surface area contributed by atoms with Crippen LogP contribution in [0.3, 0.4) is 0 Å². The zero-order chi connectivity index (χ0) is 20.8. The van der Waals surface area contributed by atoms with E-state index in [9.17, 15) is 9.18 Å². The van der Waals surface area contributed by atoms with Gasteiger partial charge in [0.05, 0.1) is 11.8 Å². The van der Waals surface area contributed by atoms with Gasteiger partial charge in [0.2, 0.25) is 5.91 Å². The van der Waals surface area contributed by atoms with Crippen LogP contribution >= 0.6 is 35.5 Å². The van der Waals surface area contributed by atoms with Crippen LogP contribution in [0, 0.1) is 5.82 Å². The summed E-state index contributed by atoms with van der Waals surface area (Å²) in [5.74, 6) is 1.10. The first-order valence-electron chi connectivity index (χ1n) is 9.25. The molecule has 1 aromatic heterocycles. The zero-order valence-corrected chi connectivity index (χ0v) is 19.6. The monoisotopic (exact) mass is 469 g/mol. The number of likely N-dealkylation sites (N-methyl/N-ethyl adjacent to an activating group) is 1.